The van der Waals surface area contributed by atoms with Crippen molar-refractivity contribution >= 4 is 17.3 Å². The van der Waals surface area contributed by atoms with Crippen molar-refractivity contribution in [2.75, 3.05) is 6.61 Å². The largest absolute Gasteiger partial charge is 0.507 e. The number of ketones is 2. The van der Waals surface area contributed by atoms with Crippen LogP contribution >= 0.6 is 0 Å². The number of carbonyl (C=O) groups excluding carboxylic acids is 2. The van der Waals surface area contributed by atoms with E-state index in [2.05, 4.69) is 0 Å². The quantitative estimate of drug-likeness (QED) is 0.796. The molecule has 0 unspecified atom stereocenters. The molecule has 4 heteroatoms. The molecule has 4 nitrogen and oxygen atoms in total. The van der Waals surface area contributed by atoms with Gasteiger partial charge in [0.05, 0.1) is 0 Å². The SMILES string of the molecule is C[C@H](CO)CC1=C(O)c2ccccc2C(=O)C1=O. The molecular formula is C14H14O4. The van der Waals surface area contributed by atoms with Crippen molar-refractivity contribution in [1.29, 1.82) is 0 Å². The highest BCUT2D eigenvalue weighted by Gasteiger charge is 2.32. The number of allylic oxidation sites excluding steroid dienone is 1. The van der Waals surface area contributed by atoms with Crippen LogP contribution in [0.5, 0.6) is 0 Å². The van der Waals surface area contributed by atoms with Crippen LogP contribution in [-0.2, 0) is 4.79 Å². The van der Waals surface area contributed by atoms with E-state index in [-0.39, 0.29) is 35.8 Å². The zero-order valence-electron chi connectivity index (χ0n) is 10.0. The van der Waals surface area contributed by atoms with Gasteiger partial charge in [-0.1, -0.05) is 31.2 Å². The lowest BCUT2D eigenvalue weighted by Gasteiger charge is -2.19. The monoisotopic (exact) mass is 246 g/mol. The van der Waals surface area contributed by atoms with Crippen LogP contribution in [-0.4, -0.2) is 28.4 Å². The minimum absolute atomic E-state index is 0.0973. The molecule has 2 rings (SSSR count). The highest BCUT2D eigenvalue weighted by atomic mass is 16.3. The molecule has 18 heavy (non-hydrogen) atoms. The van der Waals surface area contributed by atoms with Crippen LogP contribution in [0.25, 0.3) is 5.76 Å². The smallest absolute Gasteiger partial charge is 0.234 e. The van der Waals surface area contributed by atoms with Crippen molar-refractivity contribution < 1.29 is 19.8 Å². The molecule has 0 saturated heterocycles. The standard InChI is InChI=1S/C14H14O4/c1-8(7-15)6-11-12(16)9-4-2-3-5-10(9)13(17)14(11)18/h2-5,8,15-16H,6-7H2,1H3/t8-/m0/s1. The number of aliphatic hydroxyl groups is 2. The number of aliphatic hydroxyl groups excluding tert-OH is 2. The third kappa shape index (κ3) is 1.95. The predicted molar refractivity (Wildman–Crippen MR) is 66.2 cm³/mol. The molecule has 0 saturated carbocycles. The fourth-order valence-electron chi connectivity index (χ4n) is 2.02. The Hall–Kier alpha value is -1.94. The summed E-state index contributed by atoms with van der Waals surface area (Å²) in [6.45, 7) is 1.65. The molecule has 1 aliphatic rings. The summed E-state index contributed by atoms with van der Waals surface area (Å²) in [6, 6.07) is 6.49. The maximum atomic E-state index is 11.9. The first-order valence-corrected chi connectivity index (χ1v) is 5.77. The van der Waals surface area contributed by atoms with Crippen LogP contribution in [0.15, 0.2) is 29.8 Å². The third-order valence-electron chi connectivity index (χ3n) is 3.06. The molecule has 1 atom stereocenters. The molecule has 94 valence electrons. The van der Waals surface area contributed by atoms with E-state index in [1.54, 1.807) is 25.1 Å². The van der Waals surface area contributed by atoms with E-state index in [4.69, 9.17) is 5.11 Å². The summed E-state index contributed by atoms with van der Waals surface area (Å²) in [5.41, 5.74) is 0.725. The Balaban J connectivity index is 2.52. The Morgan fingerprint density at radius 3 is 2.33 bits per heavy atom. The van der Waals surface area contributed by atoms with E-state index in [0.717, 1.165) is 0 Å². The average molecular weight is 246 g/mol. The number of fused-ring (bicyclic) bond motifs is 1. The highest BCUT2D eigenvalue weighted by Crippen LogP contribution is 2.30. The van der Waals surface area contributed by atoms with Gasteiger partial charge in [0.2, 0.25) is 11.6 Å². The molecule has 0 aliphatic heterocycles. The minimum atomic E-state index is -0.675. The zero-order valence-corrected chi connectivity index (χ0v) is 10.0. The molecule has 0 amide bonds. The van der Waals surface area contributed by atoms with Crippen molar-refractivity contribution in [2.45, 2.75) is 13.3 Å². The molecule has 0 fully saturated rings. The summed E-state index contributed by atoms with van der Waals surface area (Å²) >= 11 is 0. The number of hydrogen-bond donors (Lipinski definition) is 2. The normalized spacial score (nSPS) is 16.8. The summed E-state index contributed by atoms with van der Waals surface area (Å²) in [5.74, 6) is -1.59. The Bertz CT molecular complexity index is 542. The third-order valence-corrected chi connectivity index (χ3v) is 3.06. The molecule has 0 radical (unpaired) electrons. The van der Waals surface area contributed by atoms with Crippen molar-refractivity contribution in [1.82, 2.24) is 0 Å². The Morgan fingerprint density at radius 1 is 1.11 bits per heavy atom. The van der Waals surface area contributed by atoms with E-state index >= 15 is 0 Å². The number of hydrogen-bond acceptors (Lipinski definition) is 4. The Kier molecular flexibility index (Phi) is 3.30. The van der Waals surface area contributed by atoms with Gasteiger partial charge in [-0.15, -0.1) is 0 Å². The van der Waals surface area contributed by atoms with Crippen molar-refractivity contribution in [2.24, 2.45) is 5.92 Å². The maximum absolute atomic E-state index is 11.9. The fourth-order valence-corrected chi connectivity index (χ4v) is 2.02. The highest BCUT2D eigenvalue weighted by molar-refractivity contribution is 6.52. The zero-order chi connectivity index (χ0) is 13.3. The van der Waals surface area contributed by atoms with Crippen LogP contribution in [0.2, 0.25) is 0 Å². The summed E-state index contributed by atoms with van der Waals surface area (Å²) in [6.07, 6.45) is 0.196. The first-order chi connectivity index (χ1) is 8.56. The first kappa shape index (κ1) is 12.5. The van der Waals surface area contributed by atoms with Crippen LogP contribution in [0.3, 0.4) is 0 Å². The maximum Gasteiger partial charge on any atom is 0.234 e. The van der Waals surface area contributed by atoms with E-state index in [1.807, 2.05) is 0 Å². The molecule has 0 heterocycles. The van der Waals surface area contributed by atoms with E-state index < -0.39 is 11.6 Å². The fraction of sp³-hybridized carbons (Fsp3) is 0.286. The van der Waals surface area contributed by atoms with Crippen LogP contribution in [0.4, 0.5) is 0 Å². The lowest BCUT2D eigenvalue weighted by molar-refractivity contribution is -0.112. The molecule has 1 aliphatic carbocycles. The van der Waals surface area contributed by atoms with Gasteiger partial charge >= 0.3 is 0 Å². The molecule has 0 aromatic heterocycles. The van der Waals surface area contributed by atoms with Crippen molar-refractivity contribution in [3.8, 4) is 0 Å². The lowest BCUT2D eigenvalue weighted by atomic mass is 9.85. The lowest BCUT2D eigenvalue weighted by Crippen LogP contribution is -2.25. The van der Waals surface area contributed by atoms with E-state index in [9.17, 15) is 14.7 Å². The molecular weight excluding hydrogens is 232 g/mol. The topological polar surface area (TPSA) is 74.6 Å². The number of Topliss-reactive ketones (excluding diaryl/α,β-unsaturated/α-hetero) is 2. The number of rotatable bonds is 3. The van der Waals surface area contributed by atoms with Gasteiger partial charge in [-0.2, -0.15) is 0 Å². The summed E-state index contributed by atoms with van der Waals surface area (Å²) in [5, 5.41) is 19.1. The van der Waals surface area contributed by atoms with Gasteiger partial charge in [-0.3, -0.25) is 9.59 Å². The van der Waals surface area contributed by atoms with E-state index in [0.29, 0.717) is 5.56 Å². The van der Waals surface area contributed by atoms with Gasteiger partial charge in [0.1, 0.15) is 5.76 Å². The summed E-state index contributed by atoms with van der Waals surface area (Å²) < 4.78 is 0. The number of benzene rings is 1. The molecule has 2 N–H and O–H groups in total. The average Bonchev–Trinajstić information content (AvgIpc) is 2.40. The van der Waals surface area contributed by atoms with Gasteiger partial charge in [-0.25, -0.2) is 0 Å². The number of carbonyl (C=O) groups is 2. The van der Waals surface area contributed by atoms with Gasteiger partial charge in [0, 0.05) is 23.3 Å². The van der Waals surface area contributed by atoms with Gasteiger partial charge in [0.15, 0.2) is 0 Å². The Morgan fingerprint density at radius 2 is 1.72 bits per heavy atom. The van der Waals surface area contributed by atoms with Gasteiger partial charge in [-0.05, 0) is 12.3 Å². The minimum Gasteiger partial charge on any atom is -0.507 e. The first-order valence-electron chi connectivity index (χ1n) is 5.77. The van der Waals surface area contributed by atoms with Crippen molar-refractivity contribution in [3.05, 3.63) is 41.0 Å². The van der Waals surface area contributed by atoms with Crippen LogP contribution in [0, 0.1) is 5.92 Å². The second-order valence-corrected chi connectivity index (χ2v) is 4.52. The summed E-state index contributed by atoms with van der Waals surface area (Å²) in [7, 11) is 0. The molecule has 1 aromatic rings. The van der Waals surface area contributed by atoms with Crippen LogP contribution < -0.4 is 0 Å². The Labute approximate surface area is 105 Å². The molecule has 0 bridgehead atoms. The molecule has 0 spiro atoms. The summed E-state index contributed by atoms with van der Waals surface area (Å²) in [4.78, 5) is 23.8. The predicted octanol–water partition coefficient (Wildman–Crippen LogP) is 1.74. The van der Waals surface area contributed by atoms with Gasteiger partial charge < -0.3 is 10.2 Å². The second-order valence-electron chi connectivity index (χ2n) is 4.52. The second kappa shape index (κ2) is 4.74. The van der Waals surface area contributed by atoms with E-state index in [1.165, 1.54) is 6.07 Å². The van der Waals surface area contributed by atoms with Crippen molar-refractivity contribution in [3.63, 3.8) is 0 Å². The van der Waals surface area contributed by atoms with Gasteiger partial charge in [0.25, 0.3) is 0 Å². The molecule has 1 aromatic carbocycles. The van der Waals surface area contributed by atoms with Crippen LogP contribution in [0.1, 0.15) is 29.3 Å².